The Hall–Kier alpha value is -1.93. The smallest absolute Gasteiger partial charge is 0.338 e. The number of amides is 1. The summed E-state index contributed by atoms with van der Waals surface area (Å²) in [6, 6.07) is 5.73. The number of carbonyl (C=O) groups is 2. The van der Waals surface area contributed by atoms with E-state index in [9.17, 15) is 18.0 Å². The van der Waals surface area contributed by atoms with Crippen LogP contribution in [0.4, 0.5) is 0 Å². The number of ether oxygens (including phenoxy) is 1. The van der Waals surface area contributed by atoms with Crippen LogP contribution in [0.1, 0.15) is 56.3 Å². The molecule has 0 heterocycles. The summed E-state index contributed by atoms with van der Waals surface area (Å²) < 4.78 is 30.7. The third-order valence-electron chi connectivity index (χ3n) is 5.14. The van der Waals surface area contributed by atoms with Gasteiger partial charge in [0.1, 0.15) is 0 Å². The number of benzene rings is 1. The second-order valence-corrected chi connectivity index (χ2v) is 9.43. The van der Waals surface area contributed by atoms with E-state index in [4.69, 9.17) is 4.74 Å². The molecule has 1 aliphatic carbocycles. The fourth-order valence-corrected chi connectivity index (χ4v) is 4.37. The van der Waals surface area contributed by atoms with Gasteiger partial charge in [0, 0.05) is 26.7 Å². The molecule has 7 nitrogen and oxygen atoms in total. The molecular formula is C20H30N2O5S. The van der Waals surface area contributed by atoms with Crippen molar-refractivity contribution in [3.05, 3.63) is 29.8 Å². The van der Waals surface area contributed by atoms with Gasteiger partial charge in [0.15, 0.2) is 6.10 Å². The topological polar surface area (TPSA) is 84.0 Å². The number of sulfonamides is 1. The highest BCUT2D eigenvalue weighted by Gasteiger charge is 2.29. The molecule has 1 aromatic rings. The summed E-state index contributed by atoms with van der Waals surface area (Å²) in [5, 5.41) is 0. The lowest BCUT2D eigenvalue weighted by atomic mass is 9.94. The van der Waals surface area contributed by atoms with Crippen LogP contribution in [0.5, 0.6) is 0 Å². The maximum atomic E-state index is 12.8. The molecule has 1 amide bonds. The molecule has 156 valence electrons. The Morgan fingerprint density at radius 2 is 1.68 bits per heavy atom. The van der Waals surface area contributed by atoms with E-state index < -0.39 is 22.1 Å². The molecule has 0 aliphatic heterocycles. The second-order valence-electron chi connectivity index (χ2n) is 7.28. The number of carbonyl (C=O) groups excluding carboxylic acids is 2. The predicted molar refractivity (Wildman–Crippen MR) is 106 cm³/mol. The first-order valence-corrected chi connectivity index (χ1v) is 11.2. The molecule has 0 unspecified atom stereocenters. The SMILES string of the molecule is CCN(C(=O)[C@@H](C)OC(=O)c1ccc(S(=O)(=O)N(C)C)cc1)C1CCCCC1. The molecule has 28 heavy (non-hydrogen) atoms. The Labute approximate surface area is 167 Å². The summed E-state index contributed by atoms with van der Waals surface area (Å²) in [6.45, 7) is 4.10. The zero-order valence-corrected chi connectivity index (χ0v) is 17.9. The highest BCUT2D eigenvalue weighted by molar-refractivity contribution is 7.89. The van der Waals surface area contributed by atoms with Gasteiger partial charge in [-0.2, -0.15) is 0 Å². The fraction of sp³-hybridized carbons (Fsp3) is 0.600. The molecule has 1 aromatic carbocycles. The predicted octanol–water partition coefficient (Wildman–Crippen LogP) is 2.66. The quantitative estimate of drug-likeness (QED) is 0.645. The molecule has 0 saturated heterocycles. The average Bonchev–Trinajstić information content (AvgIpc) is 2.69. The van der Waals surface area contributed by atoms with Crippen molar-refractivity contribution in [3.8, 4) is 0 Å². The van der Waals surface area contributed by atoms with Crippen LogP contribution in [0, 0.1) is 0 Å². The van der Waals surface area contributed by atoms with E-state index in [2.05, 4.69) is 0 Å². The Kier molecular flexibility index (Phi) is 7.60. The van der Waals surface area contributed by atoms with E-state index in [1.54, 1.807) is 6.92 Å². The van der Waals surface area contributed by atoms with Gasteiger partial charge in [-0.3, -0.25) is 4.79 Å². The summed E-state index contributed by atoms with van der Waals surface area (Å²) in [6.07, 6.45) is 4.52. The van der Waals surface area contributed by atoms with Crippen molar-refractivity contribution in [2.45, 2.75) is 63.0 Å². The van der Waals surface area contributed by atoms with Crippen molar-refractivity contribution in [2.24, 2.45) is 0 Å². The highest BCUT2D eigenvalue weighted by Crippen LogP contribution is 2.23. The first kappa shape index (κ1) is 22.4. The molecule has 1 atom stereocenters. The van der Waals surface area contributed by atoms with Gasteiger partial charge in [-0.15, -0.1) is 0 Å². The van der Waals surface area contributed by atoms with Gasteiger partial charge in [-0.1, -0.05) is 19.3 Å². The monoisotopic (exact) mass is 410 g/mol. The second kappa shape index (κ2) is 9.52. The van der Waals surface area contributed by atoms with Gasteiger partial charge >= 0.3 is 5.97 Å². The van der Waals surface area contributed by atoms with Gasteiger partial charge in [0.2, 0.25) is 10.0 Å². The van der Waals surface area contributed by atoms with E-state index in [0.29, 0.717) is 6.54 Å². The van der Waals surface area contributed by atoms with Gasteiger partial charge in [-0.05, 0) is 51.0 Å². The Morgan fingerprint density at radius 3 is 2.18 bits per heavy atom. The van der Waals surface area contributed by atoms with Crippen molar-refractivity contribution >= 4 is 21.9 Å². The minimum absolute atomic E-state index is 0.0904. The van der Waals surface area contributed by atoms with Crippen LogP contribution in [-0.2, 0) is 19.6 Å². The lowest BCUT2D eigenvalue weighted by Gasteiger charge is -2.35. The molecule has 1 aliphatic rings. The third-order valence-corrected chi connectivity index (χ3v) is 6.97. The average molecular weight is 411 g/mol. The van der Waals surface area contributed by atoms with Crippen LogP contribution in [0.2, 0.25) is 0 Å². The van der Waals surface area contributed by atoms with Gasteiger partial charge in [0.25, 0.3) is 5.91 Å². The lowest BCUT2D eigenvalue weighted by Crippen LogP contribution is -2.46. The van der Waals surface area contributed by atoms with Crippen LogP contribution in [0.15, 0.2) is 29.2 Å². The van der Waals surface area contributed by atoms with Crippen molar-refractivity contribution in [1.29, 1.82) is 0 Å². The highest BCUT2D eigenvalue weighted by atomic mass is 32.2. The van der Waals surface area contributed by atoms with E-state index >= 15 is 0 Å². The van der Waals surface area contributed by atoms with Gasteiger partial charge in [-0.25, -0.2) is 17.5 Å². The number of hydrogen-bond donors (Lipinski definition) is 0. The normalized spacial score (nSPS) is 16.6. The molecule has 0 spiro atoms. The van der Waals surface area contributed by atoms with Crippen LogP contribution < -0.4 is 0 Å². The van der Waals surface area contributed by atoms with Crippen molar-refractivity contribution in [3.63, 3.8) is 0 Å². The largest absolute Gasteiger partial charge is 0.449 e. The first-order chi connectivity index (χ1) is 13.2. The van der Waals surface area contributed by atoms with Gasteiger partial charge < -0.3 is 9.64 Å². The van der Waals surface area contributed by atoms with E-state index in [1.165, 1.54) is 44.8 Å². The number of nitrogens with zero attached hydrogens (tertiary/aromatic N) is 2. The Morgan fingerprint density at radius 1 is 1.11 bits per heavy atom. The van der Waals surface area contributed by atoms with E-state index in [1.807, 2.05) is 11.8 Å². The summed E-state index contributed by atoms with van der Waals surface area (Å²) in [5.41, 5.74) is 0.207. The number of hydrogen-bond acceptors (Lipinski definition) is 5. The minimum Gasteiger partial charge on any atom is -0.449 e. The Balaban J connectivity index is 2.03. The lowest BCUT2D eigenvalue weighted by molar-refractivity contribution is -0.142. The van der Waals surface area contributed by atoms with Crippen LogP contribution in [0.3, 0.4) is 0 Å². The summed E-state index contributed by atoms with van der Waals surface area (Å²) in [4.78, 5) is 27.1. The summed E-state index contributed by atoms with van der Waals surface area (Å²) in [7, 11) is -0.680. The van der Waals surface area contributed by atoms with Crippen LogP contribution in [0.25, 0.3) is 0 Å². The standard InChI is InChI=1S/C20H30N2O5S/c1-5-22(17-9-7-6-8-10-17)19(23)15(2)27-20(24)16-11-13-18(14-12-16)28(25,26)21(3)4/h11-15,17H,5-10H2,1-4H3/t15-/m1/s1. The molecule has 0 aromatic heterocycles. The molecule has 2 rings (SSSR count). The number of esters is 1. The minimum atomic E-state index is -3.56. The molecular weight excluding hydrogens is 380 g/mol. The molecule has 0 N–H and O–H groups in total. The molecule has 0 radical (unpaired) electrons. The maximum absolute atomic E-state index is 12.8. The maximum Gasteiger partial charge on any atom is 0.338 e. The molecule has 0 bridgehead atoms. The Bertz CT molecular complexity index is 783. The van der Waals surface area contributed by atoms with Crippen molar-refractivity contribution in [2.75, 3.05) is 20.6 Å². The zero-order chi connectivity index (χ0) is 20.9. The molecule has 8 heteroatoms. The van der Waals surface area contributed by atoms with Crippen LogP contribution in [-0.4, -0.2) is 62.3 Å². The molecule has 1 saturated carbocycles. The zero-order valence-electron chi connectivity index (χ0n) is 17.1. The van der Waals surface area contributed by atoms with Crippen molar-refractivity contribution < 1.29 is 22.7 Å². The molecule has 1 fully saturated rings. The number of rotatable bonds is 7. The van der Waals surface area contributed by atoms with E-state index in [0.717, 1.165) is 30.0 Å². The fourth-order valence-electron chi connectivity index (χ4n) is 3.47. The first-order valence-electron chi connectivity index (χ1n) is 9.72. The third kappa shape index (κ3) is 5.11. The summed E-state index contributed by atoms with van der Waals surface area (Å²) >= 11 is 0. The van der Waals surface area contributed by atoms with E-state index in [-0.39, 0.29) is 22.4 Å². The number of likely N-dealkylation sites (N-methyl/N-ethyl adjacent to an activating group) is 1. The summed E-state index contributed by atoms with van der Waals surface area (Å²) in [5.74, 6) is -0.830. The van der Waals surface area contributed by atoms with Crippen molar-refractivity contribution in [1.82, 2.24) is 9.21 Å². The van der Waals surface area contributed by atoms with Crippen LogP contribution >= 0.6 is 0 Å². The van der Waals surface area contributed by atoms with Gasteiger partial charge in [0.05, 0.1) is 10.5 Å².